The van der Waals surface area contributed by atoms with E-state index in [1.165, 1.54) is 36.9 Å². The van der Waals surface area contributed by atoms with Crippen LogP contribution in [-0.2, 0) is 0 Å². The number of benzene rings is 1. The number of hydrogen-bond acceptors (Lipinski definition) is 5. The quantitative estimate of drug-likeness (QED) is 0.648. The molecule has 1 aromatic carbocycles. The summed E-state index contributed by atoms with van der Waals surface area (Å²) in [7, 11) is 0. The summed E-state index contributed by atoms with van der Waals surface area (Å²) in [6, 6.07) is 14.6. The Morgan fingerprint density at radius 3 is 2.50 bits per heavy atom. The molecule has 144 valence electrons. The second-order valence-electron chi connectivity index (χ2n) is 6.61. The van der Waals surface area contributed by atoms with Gasteiger partial charge in [-0.2, -0.15) is 0 Å². The Morgan fingerprint density at radius 2 is 1.71 bits per heavy atom. The second-order valence-corrected chi connectivity index (χ2v) is 7.70. The maximum atomic E-state index is 12.7. The molecule has 0 saturated carbocycles. The van der Waals surface area contributed by atoms with E-state index in [4.69, 9.17) is 4.42 Å². The normalized spacial score (nSPS) is 13.9. The van der Waals surface area contributed by atoms with E-state index in [2.05, 4.69) is 15.5 Å². The van der Waals surface area contributed by atoms with Crippen molar-refractivity contribution in [1.82, 2.24) is 0 Å². The summed E-state index contributed by atoms with van der Waals surface area (Å²) in [5.41, 5.74) is 1.86. The number of thiophene rings is 1. The number of carbonyl (C=O) groups is 2. The van der Waals surface area contributed by atoms with E-state index in [1.807, 2.05) is 24.3 Å². The fourth-order valence-electron chi connectivity index (χ4n) is 3.28. The summed E-state index contributed by atoms with van der Waals surface area (Å²) < 4.78 is 5.08. The highest BCUT2D eigenvalue weighted by molar-refractivity contribution is 7.18. The van der Waals surface area contributed by atoms with Crippen molar-refractivity contribution in [2.24, 2.45) is 0 Å². The molecule has 0 spiro atoms. The molecule has 1 saturated heterocycles. The lowest BCUT2D eigenvalue weighted by Gasteiger charge is -2.30. The highest BCUT2D eigenvalue weighted by Gasteiger charge is 2.17. The number of carbonyl (C=O) groups excluding carboxylic acids is 2. The molecule has 2 N–H and O–H groups in total. The van der Waals surface area contributed by atoms with E-state index in [-0.39, 0.29) is 17.6 Å². The van der Waals surface area contributed by atoms with E-state index in [1.54, 1.807) is 24.3 Å². The van der Waals surface area contributed by atoms with Gasteiger partial charge in [-0.25, -0.2) is 0 Å². The third-order valence-corrected chi connectivity index (χ3v) is 5.66. The zero-order valence-electron chi connectivity index (χ0n) is 15.3. The van der Waals surface area contributed by atoms with E-state index in [9.17, 15) is 9.59 Å². The van der Waals surface area contributed by atoms with Gasteiger partial charge in [0.05, 0.1) is 27.5 Å². The number of piperidine rings is 1. The number of furan rings is 1. The molecular formula is C21H21N3O3S. The molecule has 3 heterocycles. The SMILES string of the molecule is O=C(Nc1ccc(C(=O)Nc2ccccc2N2CCCCC2)s1)c1ccco1. The summed E-state index contributed by atoms with van der Waals surface area (Å²) >= 11 is 1.23. The molecule has 4 rings (SSSR count). The van der Waals surface area contributed by atoms with Crippen molar-refractivity contribution in [3.8, 4) is 0 Å². The second kappa shape index (κ2) is 8.31. The van der Waals surface area contributed by atoms with Crippen molar-refractivity contribution in [2.45, 2.75) is 19.3 Å². The van der Waals surface area contributed by atoms with E-state index < -0.39 is 0 Å². The number of nitrogens with zero attached hydrogens (tertiary/aromatic N) is 1. The summed E-state index contributed by atoms with van der Waals surface area (Å²) in [6.07, 6.45) is 5.05. The molecule has 2 aromatic heterocycles. The summed E-state index contributed by atoms with van der Waals surface area (Å²) in [6.45, 7) is 2.02. The van der Waals surface area contributed by atoms with Gasteiger partial charge in [0.1, 0.15) is 0 Å². The molecule has 0 unspecified atom stereocenters. The first-order chi connectivity index (χ1) is 13.7. The Labute approximate surface area is 167 Å². The van der Waals surface area contributed by atoms with Crippen LogP contribution in [0.3, 0.4) is 0 Å². The summed E-state index contributed by atoms with van der Waals surface area (Å²) in [4.78, 5) is 27.6. The van der Waals surface area contributed by atoms with Gasteiger partial charge < -0.3 is 20.0 Å². The number of rotatable bonds is 5. The van der Waals surface area contributed by atoms with Crippen LogP contribution < -0.4 is 15.5 Å². The molecule has 0 aliphatic carbocycles. The van der Waals surface area contributed by atoms with Crippen LogP contribution in [0.15, 0.2) is 59.2 Å². The zero-order valence-corrected chi connectivity index (χ0v) is 16.1. The number of anilines is 3. The fraction of sp³-hybridized carbons (Fsp3) is 0.238. The third kappa shape index (κ3) is 4.09. The van der Waals surface area contributed by atoms with Gasteiger partial charge in [0.25, 0.3) is 11.8 Å². The van der Waals surface area contributed by atoms with Crippen molar-refractivity contribution < 1.29 is 14.0 Å². The van der Waals surface area contributed by atoms with Gasteiger partial charge in [-0.1, -0.05) is 12.1 Å². The molecule has 6 nitrogen and oxygen atoms in total. The third-order valence-electron chi connectivity index (χ3n) is 4.66. The predicted octanol–water partition coefficient (Wildman–Crippen LogP) is 4.84. The highest BCUT2D eigenvalue weighted by atomic mass is 32.1. The van der Waals surface area contributed by atoms with Crippen molar-refractivity contribution in [1.29, 1.82) is 0 Å². The first-order valence-electron chi connectivity index (χ1n) is 9.31. The first kappa shape index (κ1) is 18.3. The average molecular weight is 395 g/mol. The minimum Gasteiger partial charge on any atom is -0.459 e. The van der Waals surface area contributed by atoms with Gasteiger partial charge in [0.15, 0.2) is 5.76 Å². The topological polar surface area (TPSA) is 74.6 Å². The van der Waals surface area contributed by atoms with Crippen LogP contribution in [0.25, 0.3) is 0 Å². The van der Waals surface area contributed by atoms with Crippen LogP contribution in [-0.4, -0.2) is 24.9 Å². The first-order valence-corrected chi connectivity index (χ1v) is 10.1. The lowest BCUT2D eigenvalue weighted by Crippen LogP contribution is -2.30. The zero-order chi connectivity index (χ0) is 19.3. The molecule has 28 heavy (non-hydrogen) atoms. The molecule has 0 bridgehead atoms. The fourth-order valence-corrected chi connectivity index (χ4v) is 4.08. The van der Waals surface area contributed by atoms with Crippen molar-refractivity contribution in [2.75, 3.05) is 28.6 Å². The largest absolute Gasteiger partial charge is 0.459 e. The molecule has 2 amide bonds. The minimum atomic E-state index is -0.339. The molecule has 0 atom stereocenters. The Hall–Kier alpha value is -3.06. The highest BCUT2D eigenvalue weighted by Crippen LogP contribution is 2.30. The van der Waals surface area contributed by atoms with Gasteiger partial charge >= 0.3 is 0 Å². The molecule has 0 radical (unpaired) electrons. The maximum absolute atomic E-state index is 12.7. The van der Waals surface area contributed by atoms with Crippen LogP contribution in [0.5, 0.6) is 0 Å². The number of amides is 2. The molecule has 1 aliphatic heterocycles. The Bertz CT molecular complexity index is 959. The number of hydrogen-bond donors (Lipinski definition) is 2. The smallest absolute Gasteiger partial charge is 0.291 e. The predicted molar refractivity (Wildman–Crippen MR) is 111 cm³/mol. The summed E-state index contributed by atoms with van der Waals surface area (Å²) in [5, 5.41) is 6.35. The van der Waals surface area contributed by atoms with Gasteiger partial charge in [-0.15, -0.1) is 11.3 Å². The molecule has 1 fully saturated rings. The number of nitrogens with one attached hydrogen (secondary N) is 2. The van der Waals surface area contributed by atoms with Crippen molar-refractivity contribution in [3.05, 3.63) is 65.4 Å². The maximum Gasteiger partial charge on any atom is 0.291 e. The van der Waals surface area contributed by atoms with Crippen molar-refractivity contribution >= 4 is 39.5 Å². The Kier molecular flexibility index (Phi) is 5.43. The molecular weight excluding hydrogens is 374 g/mol. The molecule has 3 aromatic rings. The van der Waals surface area contributed by atoms with Crippen molar-refractivity contribution in [3.63, 3.8) is 0 Å². The molecule has 7 heteroatoms. The van der Waals surface area contributed by atoms with Gasteiger partial charge in [0.2, 0.25) is 0 Å². The van der Waals surface area contributed by atoms with E-state index >= 15 is 0 Å². The van der Waals surface area contributed by atoms with Crippen LogP contribution in [0.2, 0.25) is 0 Å². The lowest BCUT2D eigenvalue weighted by molar-refractivity contribution is 0.0995. The van der Waals surface area contributed by atoms with Crippen LogP contribution >= 0.6 is 11.3 Å². The van der Waals surface area contributed by atoms with E-state index in [0.717, 1.165) is 24.5 Å². The Morgan fingerprint density at radius 1 is 0.893 bits per heavy atom. The summed E-state index contributed by atoms with van der Waals surface area (Å²) in [5.74, 6) is -0.294. The standard InChI is InChI=1S/C21H21N3O3S/c25-20(17-9-6-14-27-17)23-19-11-10-18(28-19)21(26)22-15-7-2-3-8-16(15)24-12-4-1-5-13-24/h2-3,6-11,14H,1,4-5,12-13H2,(H,22,26)(H,23,25). The number of para-hydroxylation sites is 2. The van der Waals surface area contributed by atoms with Gasteiger partial charge in [0, 0.05) is 13.1 Å². The molecule has 1 aliphatic rings. The van der Waals surface area contributed by atoms with Gasteiger partial charge in [-0.05, 0) is 55.7 Å². The lowest BCUT2D eigenvalue weighted by atomic mass is 10.1. The average Bonchev–Trinajstić information content (AvgIpc) is 3.41. The van der Waals surface area contributed by atoms with E-state index in [0.29, 0.717) is 9.88 Å². The van der Waals surface area contributed by atoms with Crippen LogP contribution in [0.4, 0.5) is 16.4 Å². The van der Waals surface area contributed by atoms with Crippen LogP contribution in [0.1, 0.15) is 39.5 Å². The monoisotopic (exact) mass is 395 g/mol. The Balaban J connectivity index is 1.45. The van der Waals surface area contributed by atoms with Crippen LogP contribution in [0, 0.1) is 0 Å². The minimum absolute atomic E-state index is 0.187. The van der Waals surface area contributed by atoms with Gasteiger partial charge in [-0.3, -0.25) is 9.59 Å².